The molecule has 0 fully saturated rings. The Morgan fingerprint density at radius 3 is 2.55 bits per heavy atom. The second-order valence-corrected chi connectivity index (χ2v) is 2.96. The third-order valence-corrected chi connectivity index (χ3v) is 1.39. The van der Waals surface area contributed by atoms with Crippen LogP contribution in [0.25, 0.3) is 0 Å². The zero-order chi connectivity index (χ0) is 8.91. The SMILES string of the molecule is CC[N+](C)([O-])COCC(C)O. The van der Waals surface area contributed by atoms with Crippen LogP contribution in [-0.2, 0) is 4.74 Å². The van der Waals surface area contributed by atoms with E-state index in [1.165, 1.54) is 0 Å². The lowest BCUT2D eigenvalue weighted by Crippen LogP contribution is -2.39. The molecular formula is C7H17NO3. The normalized spacial score (nSPS) is 19.4. The average Bonchev–Trinajstić information content (AvgIpc) is 1.87. The maximum atomic E-state index is 11.2. The lowest BCUT2D eigenvalue weighted by molar-refractivity contribution is -0.879. The van der Waals surface area contributed by atoms with Gasteiger partial charge in [-0.1, -0.05) is 0 Å². The third-order valence-electron chi connectivity index (χ3n) is 1.39. The molecule has 0 bridgehead atoms. The largest absolute Gasteiger partial charge is 0.631 e. The summed E-state index contributed by atoms with van der Waals surface area (Å²) in [5, 5.41) is 20.0. The number of aliphatic hydroxyl groups excluding tert-OH is 1. The summed E-state index contributed by atoms with van der Waals surface area (Å²) in [6.07, 6.45) is -0.494. The highest BCUT2D eigenvalue weighted by molar-refractivity contribution is 4.39. The number of quaternary nitrogens is 1. The first-order valence-electron chi connectivity index (χ1n) is 3.79. The molecule has 2 unspecified atom stereocenters. The Balaban J connectivity index is 3.38. The second-order valence-electron chi connectivity index (χ2n) is 2.96. The van der Waals surface area contributed by atoms with E-state index in [1.807, 2.05) is 0 Å². The van der Waals surface area contributed by atoms with Crippen molar-refractivity contribution < 1.29 is 14.5 Å². The van der Waals surface area contributed by atoms with Gasteiger partial charge in [-0.05, 0) is 13.8 Å². The van der Waals surface area contributed by atoms with Crippen molar-refractivity contribution in [2.75, 3.05) is 26.9 Å². The fourth-order valence-corrected chi connectivity index (χ4v) is 0.508. The lowest BCUT2D eigenvalue weighted by atomic mass is 10.4. The van der Waals surface area contributed by atoms with Crippen molar-refractivity contribution in [1.82, 2.24) is 0 Å². The zero-order valence-electron chi connectivity index (χ0n) is 7.41. The van der Waals surface area contributed by atoms with Crippen LogP contribution in [0.4, 0.5) is 0 Å². The van der Waals surface area contributed by atoms with E-state index in [4.69, 9.17) is 9.84 Å². The van der Waals surface area contributed by atoms with Crippen LogP contribution in [0.5, 0.6) is 0 Å². The Bertz CT molecular complexity index is 104. The molecule has 68 valence electrons. The number of hydrogen-bond donors (Lipinski definition) is 1. The highest BCUT2D eigenvalue weighted by Gasteiger charge is 2.06. The van der Waals surface area contributed by atoms with E-state index in [1.54, 1.807) is 20.9 Å². The summed E-state index contributed by atoms with van der Waals surface area (Å²) in [6, 6.07) is 0. The van der Waals surface area contributed by atoms with Crippen molar-refractivity contribution in [3.8, 4) is 0 Å². The molecular weight excluding hydrogens is 146 g/mol. The van der Waals surface area contributed by atoms with Crippen molar-refractivity contribution in [2.24, 2.45) is 0 Å². The Labute approximate surface area is 67.6 Å². The predicted molar refractivity (Wildman–Crippen MR) is 42.6 cm³/mol. The van der Waals surface area contributed by atoms with Gasteiger partial charge in [0.15, 0.2) is 6.73 Å². The molecule has 0 aliphatic carbocycles. The molecule has 0 saturated heterocycles. The molecule has 0 rings (SSSR count). The molecule has 0 heterocycles. The first kappa shape index (κ1) is 10.8. The van der Waals surface area contributed by atoms with Crippen molar-refractivity contribution in [2.45, 2.75) is 20.0 Å². The minimum Gasteiger partial charge on any atom is -0.631 e. The van der Waals surface area contributed by atoms with Crippen LogP contribution in [0, 0.1) is 5.21 Å². The number of ether oxygens (including phenoxy) is 1. The van der Waals surface area contributed by atoms with Crippen LogP contribution >= 0.6 is 0 Å². The molecule has 4 heteroatoms. The van der Waals surface area contributed by atoms with Gasteiger partial charge in [-0.15, -0.1) is 0 Å². The van der Waals surface area contributed by atoms with Gasteiger partial charge in [0.25, 0.3) is 0 Å². The number of nitrogens with zero attached hydrogens (tertiary/aromatic N) is 1. The number of hydrogen-bond acceptors (Lipinski definition) is 3. The molecule has 0 spiro atoms. The van der Waals surface area contributed by atoms with Gasteiger partial charge in [-0.2, -0.15) is 0 Å². The molecule has 2 atom stereocenters. The van der Waals surface area contributed by atoms with Crippen molar-refractivity contribution in [3.63, 3.8) is 0 Å². The number of hydroxylamine groups is 3. The molecule has 11 heavy (non-hydrogen) atoms. The Morgan fingerprint density at radius 2 is 2.18 bits per heavy atom. The van der Waals surface area contributed by atoms with Crippen LogP contribution < -0.4 is 0 Å². The minimum absolute atomic E-state index is 0.113. The molecule has 0 radical (unpaired) electrons. The van der Waals surface area contributed by atoms with E-state index in [0.29, 0.717) is 6.54 Å². The van der Waals surface area contributed by atoms with E-state index in [-0.39, 0.29) is 13.3 Å². The van der Waals surface area contributed by atoms with Crippen LogP contribution in [0.15, 0.2) is 0 Å². The van der Waals surface area contributed by atoms with Crippen LogP contribution in [-0.4, -0.2) is 42.8 Å². The summed E-state index contributed by atoms with van der Waals surface area (Å²) >= 11 is 0. The summed E-state index contributed by atoms with van der Waals surface area (Å²) in [6.45, 7) is 4.26. The zero-order valence-corrected chi connectivity index (χ0v) is 7.41. The summed E-state index contributed by atoms with van der Waals surface area (Å²) in [5.74, 6) is 0. The lowest BCUT2D eigenvalue weighted by Gasteiger charge is -2.36. The number of rotatable bonds is 5. The summed E-state index contributed by atoms with van der Waals surface area (Å²) in [4.78, 5) is 0. The Kier molecular flexibility index (Phi) is 4.60. The van der Waals surface area contributed by atoms with E-state index in [0.717, 1.165) is 0 Å². The molecule has 0 saturated carbocycles. The van der Waals surface area contributed by atoms with Gasteiger partial charge in [0.1, 0.15) is 0 Å². The minimum atomic E-state index is -0.494. The van der Waals surface area contributed by atoms with E-state index >= 15 is 0 Å². The van der Waals surface area contributed by atoms with Crippen molar-refractivity contribution >= 4 is 0 Å². The van der Waals surface area contributed by atoms with Crippen LogP contribution in [0.1, 0.15) is 13.8 Å². The highest BCUT2D eigenvalue weighted by atomic mass is 16.6. The van der Waals surface area contributed by atoms with Gasteiger partial charge in [-0.25, -0.2) is 0 Å². The average molecular weight is 163 g/mol. The van der Waals surface area contributed by atoms with E-state index < -0.39 is 10.8 Å². The van der Waals surface area contributed by atoms with Gasteiger partial charge >= 0.3 is 0 Å². The predicted octanol–water partition coefficient (Wildman–Crippen LogP) is 0.306. The van der Waals surface area contributed by atoms with E-state index in [9.17, 15) is 5.21 Å². The maximum Gasteiger partial charge on any atom is 0.182 e. The molecule has 1 N–H and O–H groups in total. The topological polar surface area (TPSA) is 52.5 Å². The molecule has 0 aromatic heterocycles. The summed E-state index contributed by atoms with van der Waals surface area (Å²) in [7, 11) is 1.54. The van der Waals surface area contributed by atoms with Gasteiger partial charge < -0.3 is 19.7 Å². The van der Waals surface area contributed by atoms with Gasteiger partial charge in [0, 0.05) is 0 Å². The molecule has 0 aliphatic rings. The number of aliphatic hydroxyl groups is 1. The fraction of sp³-hybridized carbons (Fsp3) is 1.00. The molecule has 0 amide bonds. The van der Waals surface area contributed by atoms with Crippen molar-refractivity contribution in [1.29, 1.82) is 0 Å². The standard InChI is InChI=1S/C7H17NO3/c1-4-8(3,10)6-11-5-7(2)9/h7,9H,4-6H2,1-3H3. The molecule has 0 aliphatic heterocycles. The fourth-order valence-electron chi connectivity index (χ4n) is 0.508. The maximum absolute atomic E-state index is 11.2. The van der Waals surface area contributed by atoms with Crippen molar-refractivity contribution in [3.05, 3.63) is 5.21 Å². The van der Waals surface area contributed by atoms with Gasteiger partial charge in [0.2, 0.25) is 0 Å². The second kappa shape index (κ2) is 4.66. The third kappa shape index (κ3) is 6.25. The van der Waals surface area contributed by atoms with Gasteiger partial charge in [0.05, 0.1) is 26.3 Å². The van der Waals surface area contributed by atoms with E-state index in [2.05, 4.69) is 0 Å². The van der Waals surface area contributed by atoms with Crippen LogP contribution in [0.2, 0.25) is 0 Å². The summed E-state index contributed by atoms with van der Waals surface area (Å²) in [5.41, 5.74) is 0. The Morgan fingerprint density at radius 1 is 1.64 bits per heavy atom. The van der Waals surface area contributed by atoms with Gasteiger partial charge in [-0.3, -0.25) is 0 Å². The smallest absolute Gasteiger partial charge is 0.182 e. The Hall–Kier alpha value is -0.160. The van der Waals surface area contributed by atoms with Crippen LogP contribution in [0.3, 0.4) is 0 Å². The highest BCUT2D eigenvalue weighted by Crippen LogP contribution is 1.98. The molecule has 0 aromatic carbocycles. The first-order valence-corrected chi connectivity index (χ1v) is 3.79. The molecule has 4 nitrogen and oxygen atoms in total. The monoisotopic (exact) mass is 163 g/mol. The molecule has 0 aromatic rings. The first-order chi connectivity index (χ1) is 4.98. The summed E-state index contributed by atoms with van der Waals surface area (Å²) < 4.78 is 4.55. The quantitative estimate of drug-likeness (QED) is 0.360.